The first-order chi connectivity index (χ1) is 11.5. The number of amides is 2. The highest BCUT2D eigenvalue weighted by molar-refractivity contribution is 7.84. The predicted molar refractivity (Wildman–Crippen MR) is 100 cm³/mol. The topological polar surface area (TPSA) is 61.4 Å². The molecule has 2 rings (SSSR count). The van der Waals surface area contributed by atoms with Crippen LogP contribution in [0.3, 0.4) is 0 Å². The van der Waals surface area contributed by atoms with Gasteiger partial charge in [0.15, 0.2) is 0 Å². The van der Waals surface area contributed by atoms with Gasteiger partial charge in [-0.3, -0.25) is 4.21 Å². The Hall–Kier alpha value is -2.34. The lowest BCUT2D eigenvalue weighted by Crippen LogP contribution is -2.29. The van der Waals surface area contributed by atoms with Crippen LogP contribution in [0.2, 0.25) is 0 Å². The van der Waals surface area contributed by atoms with E-state index >= 15 is 0 Å². The second-order valence-electron chi connectivity index (χ2n) is 5.44. The fourth-order valence-electron chi connectivity index (χ4n) is 2.23. The van der Waals surface area contributed by atoms with Gasteiger partial charge in [0.25, 0.3) is 0 Å². The first-order valence-corrected chi connectivity index (χ1v) is 9.34. The summed E-state index contributed by atoms with van der Waals surface area (Å²) in [7, 11) is 0.995. The Morgan fingerprint density at radius 1 is 1.12 bits per heavy atom. The van der Waals surface area contributed by atoms with E-state index in [1.54, 1.807) is 6.26 Å². The molecule has 24 heavy (non-hydrogen) atoms. The van der Waals surface area contributed by atoms with Gasteiger partial charge in [0, 0.05) is 42.1 Å². The van der Waals surface area contributed by atoms with Crippen LogP contribution in [0.4, 0.5) is 16.2 Å². The van der Waals surface area contributed by atoms with E-state index in [1.807, 2.05) is 55.6 Å². The van der Waals surface area contributed by atoms with Crippen LogP contribution in [0, 0.1) is 0 Å². The lowest BCUT2D eigenvalue weighted by molar-refractivity contribution is 0.251. The van der Waals surface area contributed by atoms with Gasteiger partial charge in [0.05, 0.1) is 11.4 Å². The smallest absolute Gasteiger partial charge is 0.319 e. The first-order valence-electron chi connectivity index (χ1n) is 7.78. The van der Waals surface area contributed by atoms with Gasteiger partial charge in [0.2, 0.25) is 0 Å². The number of urea groups is 1. The molecule has 0 aromatic heterocycles. The van der Waals surface area contributed by atoms with Crippen LogP contribution in [0.5, 0.6) is 0 Å². The average Bonchev–Trinajstić information content (AvgIpc) is 2.60. The maximum Gasteiger partial charge on any atom is 0.319 e. The van der Waals surface area contributed by atoms with Gasteiger partial charge in [-0.25, -0.2) is 4.79 Å². The van der Waals surface area contributed by atoms with Gasteiger partial charge < -0.3 is 15.5 Å². The number of nitrogens with zero attached hydrogens (tertiary/aromatic N) is 1. The summed E-state index contributed by atoms with van der Waals surface area (Å²) in [5.74, 6) is 0. The molecular formula is C18H23N3O2S. The quantitative estimate of drug-likeness (QED) is 0.845. The van der Waals surface area contributed by atoms with Crippen molar-refractivity contribution in [2.24, 2.45) is 0 Å². The fraction of sp³-hybridized carbons (Fsp3) is 0.278. The summed E-state index contributed by atoms with van der Waals surface area (Å²) in [6.45, 7) is 3.32. The Morgan fingerprint density at radius 2 is 1.79 bits per heavy atom. The Morgan fingerprint density at radius 3 is 2.42 bits per heavy atom. The first kappa shape index (κ1) is 18.0. The van der Waals surface area contributed by atoms with E-state index in [2.05, 4.69) is 22.5 Å². The molecule has 0 aliphatic rings. The Kier molecular flexibility index (Phi) is 6.37. The summed E-state index contributed by atoms with van der Waals surface area (Å²) in [4.78, 5) is 15.0. The molecule has 2 aromatic carbocycles. The molecule has 0 aliphatic heterocycles. The molecule has 1 unspecified atom stereocenters. The van der Waals surface area contributed by atoms with Crippen LogP contribution in [0.15, 0.2) is 53.4 Å². The minimum Gasteiger partial charge on any atom is -0.373 e. The number of rotatable bonds is 6. The molecule has 0 fully saturated rings. The Labute approximate surface area is 145 Å². The largest absolute Gasteiger partial charge is 0.373 e. The van der Waals surface area contributed by atoms with Crippen LogP contribution < -0.4 is 15.5 Å². The monoisotopic (exact) mass is 345 g/mol. The van der Waals surface area contributed by atoms with Crippen molar-refractivity contribution < 1.29 is 9.00 Å². The predicted octanol–water partition coefficient (Wildman–Crippen LogP) is 3.20. The second-order valence-corrected chi connectivity index (χ2v) is 6.82. The summed E-state index contributed by atoms with van der Waals surface area (Å²) in [6, 6.07) is 14.8. The van der Waals surface area contributed by atoms with E-state index in [9.17, 15) is 9.00 Å². The highest BCUT2D eigenvalue weighted by Crippen LogP contribution is 2.24. The average molecular weight is 345 g/mol. The van der Waals surface area contributed by atoms with Crippen molar-refractivity contribution in [3.63, 3.8) is 0 Å². The number of anilines is 2. The normalized spacial score (nSPS) is 11.6. The van der Waals surface area contributed by atoms with Crippen molar-refractivity contribution in [2.45, 2.75) is 18.4 Å². The minimum atomic E-state index is -0.989. The second kappa shape index (κ2) is 8.49. The van der Waals surface area contributed by atoms with Crippen molar-refractivity contribution in [1.82, 2.24) is 5.32 Å². The lowest BCUT2D eigenvalue weighted by Gasteiger charge is -2.21. The van der Waals surface area contributed by atoms with E-state index in [0.717, 1.165) is 28.4 Å². The Bertz CT molecular complexity index is 716. The van der Waals surface area contributed by atoms with Crippen LogP contribution >= 0.6 is 0 Å². The molecule has 1 atom stereocenters. The maximum atomic E-state index is 12.1. The number of hydrogen-bond donors (Lipinski definition) is 2. The van der Waals surface area contributed by atoms with Gasteiger partial charge in [-0.15, -0.1) is 0 Å². The summed E-state index contributed by atoms with van der Waals surface area (Å²) < 4.78 is 11.4. The van der Waals surface area contributed by atoms with Crippen LogP contribution in [-0.4, -0.2) is 30.1 Å². The molecule has 6 heteroatoms. The molecular weight excluding hydrogens is 322 g/mol. The molecule has 0 bridgehead atoms. The van der Waals surface area contributed by atoms with Crippen molar-refractivity contribution in [1.29, 1.82) is 0 Å². The molecule has 0 aliphatic carbocycles. The number of carbonyl (C=O) groups excluding carboxylic acids is 1. The van der Waals surface area contributed by atoms with Gasteiger partial charge in [-0.05, 0) is 36.8 Å². The van der Waals surface area contributed by atoms with Crippen molar-refractivity contribution in [2.75, 3.05) is 30.1 Å². The highest BCUT2D eigenvalue weighted by Gasteiger charge is 2.08. The third-order valence-electron chi connectivity index (χ3n) is 3.75. The third-order valence-corrected chi connectivity index (χ3v) is 4.68. The zero-order valence-corrected chi connectivity index (χ0v) is 15.0. The zero-order chi connectivity index (χ0) is 17.5. The fourth-order valence-corrected chi connectivity index (χ4v) is 2.75. The summed E-state index contributed by atoms with van der Waals surface area (Å²) in [5, 5.41) is 5.72. The number of hydrogen-bond acceptors (Lipinski definition) is 3. The van der Waals surface area contributed by atoms with Crippen molar-refractivity contribution in [3.8, 4) is 0 Å². The molecule has 2 amide bonds. The standard InChI is InChI=1S/C18H23N3O2S/c1-4-21(2)17-8-6-5-7-16(17)20-18(22)19-13-14-9-11-15(12-10-14)24(3)23/h5-12H,4,13H2,1-3H3,(H2,19,20,22). The van der Waals surface area contributed by atoms with Crippen molar-refractivity contribution in [3.05, 3.63) is 54.1 Å². The highest BCUT2D eigenvalue weighted by atomic mass is 32.2. The van der Waals surface area contributed by atoms with Gasteiger partial charge in [0.1, 0.15) is 0 Å². The summed E-state index contributed by atoms with van der Waals surface area (Å²) >= 11 is 0. The van der Waals surface area contributed by atoms with Crippen molar-refractivity contribution >= 4 is 28.2 Å². The van der Waals surface area contributed by atoms with Crippen LogP contribution in [-0.2, 0) is 17.3 Å². The molecule has 0 radical (unpaired) electrons. The van der Waals surface area contributed by atoms with Gasteiger partial charge >= 0.3 is 6.03 Å². The van der Waals surface area contributed by atoms with E-state index in [-0.39, 0.29) is 6.03 Å². The van der Waals surface area contributed by atoms with Gasteiger partial charge in [-0.1, -0.05) is 24.3 Å². The zero-order valence-electron chi connectivity index (χ0n) is 14.2. The Balaban J connectivity index is 1.95. The van der Waals surface area contributed by atoms with E-state index < -0.39 is 10.8 Å². The van der Waals surface area contributed by atoms with E-state index in [1.165, 1.54) is 0 Å². The number of benzene rings is 2. The minimum absolute atomic E-state index is 0.255. The molecule has 0 saturated heterocycles. The molecule has 5 nitrogen and oxygen atoms in total. The van der Waals surface area contributed by atoms with Crippen LogP contribution in [0.25, 0.3) is 0 Å². The number of para-hydroxylation sites is 2. The van der Waals surface area contributed by atoms with Crippen LogP contribution in [0.1, 0.15) is 12.5 Å². The molecule has 0 heterocycles. The maximum absolute atomic E-state index is 12.1. The molecule has 2 aromatic rings. The van der Waals surface area contributed by atoms with E-state index in [0.29, 0.717) is 6.54 Å². The van der Waals surface area contributed by atoms with Gasteiger partial charge in [-0.2, -0.15) is 0 Å². The molecule has 128 valence electrons. The summed E-state index contributed by atoms with van der Waals surface area (Å²) in [6.07, 6.45) is 1.64. The number of carbonyl (C=O) groups is 1. The number of nitrogens with one attached hydrogen (secondary N) is 2. The third kappa shape index (κ3) is 4.83. The summed E-state index contributed by atoms with van der Waals surface area (Å²) in [5.41, 5.74) is 2.71. The molecule has 0 saturated carbocycles. The molecule has 0 spiro atoms. The lowest BCUT2D eigenvalue weighted by atomic mass is 10.2. The SMILES string of the molecule is CCN(C)c1ccccc1NC(=O)NCc1ccc(S(C)=O)cc1. The molecule has 2 N–H and O–H groups in total. The van der Waals surface area contributed by atoms with E-state index in [4.69, 9.17) is 0 Å².